The lowest BCUT2D eigenvalue weighted by Crippen LogP contribution is -2.15. The van der Waals surface area contributed by atoms with Crippen molar-refractivity contribution in [3.8, 4) is 0 Å². The molecule has 6 heteroatoms. The maximum absolute atomic E-state index is 13.3. The van der Waals surface area contributed by atoms with Gasteiger partial charge >= 0.3 is 6.18 Å². The molecule has 15 heavy (non-hydrogen) atoms. The number of alkyl halides is 3. The highest BCUT2D eigenvalue weighted by molar-refractivity contribution is 5.47. The molecule has 0 aliphatic heterocycles. The lowest BCUT2D eigenvalue weighted by atomic mass is 10.0. The molecule has 0 spiro atoms. The third-order valence-electron chi connectivity index (χ3n) is 1.92. The van der Waals surface area contributed by atoms with Crippen molar-refractivity contribution in [2.75, 3.05) is 5.73 Å². The largest absolute Gasteiger partial charge is 0.419 e. The predicted molar refractivity (Wildman–Crippen MR) is 48.4 cm³/mol. The summed E-state index contributed by atoms with van der Waals surface area (Å²) in [4.78, 5) is 0. The van der Waals surface area contributed by atoms with Crippen LogP contribution in [0.5, 0.6) is 0 Å². The Labute approximate surface area is 83.9 Å². The number of halogens is 4. The first-order valence-corrected chi connectivity index (χ1v) is 4.15. The molecular weight excluding hydrogens is 212 g/mol. The highest BCUT2D eigenvalue weighted by Crippen LogP contribution is 2.35. The van der Waals surface area contributed by atoms with Gasteiger partial charge < -0.3 is 11.5 Å². The van der Waals surface area contributed by atoms with Crippen LogP contribution < -0.4 is 11.5 Å². The van der Waals surface area contributed by atoms with Crippen LogP contribution in [0.4, 0.5) is 23.2 Å². The van der Waals surface area contributed by atoms with Gasteiger partial charge in [0.25, 0.3) is 0 Å². The van der Waals surface area contributed by atoms with Crippen molar-refractivity contribution < 1.29 is 17.6 Å². The Kier molecular flexibility index (Phi) is 2.90. The molecule has 0 aromatic heterocycles. The maximum Gasteiger partial charge on any atom is 0.419 e. The number of hydrogen-bond donors (Lipinski definition) is 2. The maximum atomic E-state index is 13.3. The molecule has 1 aromatic carbocycles. The Morgan fingerprint density at radius 3 is 2.20 bits per heavy atom. The van der Waals surface area contributed by atoms with Gasteiger partial charge in [0.1, 0.15) is 5.82 Å². The molecule has 0 bridgehead atoms. The fraction of sp³-hybridized carbons (Fsp3) is 0.333. The smallest absolute Gasteiger partial charge is 0.399 e. The quantitative estimate of drug-likeness (QED) is 0.566. The van der Waals surface area contributed by atoms with Crippen LogP contribution in [0.15, 0.2) is 12.1 Å². The second kappa shape index (κ2) is 3.69. The Balaban J connectivity index is 3.42. The van der Waals surface area contributed by atoms with E-state index >= 15 is 0 Å². The highest BCUT2D eigenvalue weighted by Gasteiger charge is 2.35. The van der Waals surface area contributed by atoms with Crippen molar-refractivity contribution in [1.82, 2.24) is 0 Å². The summed E-state index contributed by atoms with van der Waals surface area (Å²) >= 11 is 0. The second-order valence-corrected chi connectivity index (χ2v) is 3.26. The van der Waals surface area contributed by atoms with Gasteiger partial charge in [0, 0.05) is 17.3 Å². The Morgan fingerprint density at radius 2 is 1.80 bits per heavy atom. The summed E-state index contributed by atoms with van der Waals surface area (Å²) in [6.45, 7) is 1.39. The predicted octanol–water partition coefficient (Wildman–Crippen LogP) is 2.45. The topological polar surface area (TPSA) is 52.0 Å². The van der Waals surface area contributed by atoms with E-state index in [0.29, 0.717) is 6.07 Å². The fourth-order valence-electron chi connectivity index (χ4n) is 1.21. The summed E-state index contributed by atoms with van der Waals surface area (Å²) in [7, 11) is 0. The van der Waals surface area contributed by atoms with Crippen LogP contribution >= 0.6 is 0 Å². The lowest BCUT2D eigenvalue weighted by molar-refractivity contribution is -0.140. The van der Waals surface area contributed by atoms with Crippen LogP contribution in [-0.2, 0) is 6.18 Å². The number of hydrogen-bond acceptors (Lipinski definition) is 2. The summed E-state index contributed by atoms with van der Waals surface area (Å²) in [5, 5.41) is 0. The number of anilines is 1. The molecule has 0 aliphatic carbocycles. The van der Waals surface area contributed by atoms with E-state index in [1.54, 1.807) is 0 Å². The Morgan fingerprint density at radius 1 is 1.27 bits per heavy atom. The zero-order chi connectivity index (χ0) is 11.8. The molecule has 1 aromatic rings. The summed E-state index contributed by atoms with van der Waals surface area (Å²) in [6, 6.07) is 0.825. The molecule has 0 fully saturated rings. The number of rotatable bonds is 1. The highest BCUT2D eigenvalue weighted by atomic mass is 19.4. The van der Waals surface area contributed by atoms with E-state index in [2.05, 4.69) is 0 Å². The molecule has 0 amide bonds. The fourth-order valence-corrected chi connectivity index (χ4v) is 1.21. The Hall–Kier alpha value is -1.30. The van der Waals surface area contributed by atoms with Crippen molar-refractivity contribution in [3.63, 3.8) is 0 Å². The van der Waals surface area contributed by atoms with Gasteiger partial charge in [-0.25, -0.2) is 4.39 Å². The standard InChI is InChI=1S/C9H10F4N2/c1-4(14)6-2-5(15)3-7(8(6)10)9(11,12)13/h2-4H,14-15H2,1H3/t4-/m1/s1. The van der Waals surface area contributed by atoms with Crippen molar-refractivity contribution >= 4 is 5.69 Å². The molecule has 0 unspecified atom stereocenters. The van der Waals surface area contributed by atoms with Crippen LogP contribution in [-0.4, -0.2) is 0 Å². The summed E-state index contributed by atoms with van der Waals surface area (Å²) < 4.78 is 50.4. The van der Waals surface area contributed by atoms with Crippen LogP contribution in [0.2, 0.25) is 0 Å². The summed E-state index contributed by atoms with van der Waals surface area (Å²) in [5.74, 6) is -1.35. The minimum Gasteiger partial charge on any atom is -0.399 e. The number of benzene rings is 1. The molecule has 0 heterocycles. The third-order valence-corrected chi connectivity index (χ3v) is 1.92. The van der Waals surface area contributed by atoms with Crippen molar-refractivity contribution in [1.29, 1.82) is 0 Å². The first-order chi connectivity index (χ1) is 6.73. The van der Waals surface area contributed by atoms with E-state index in [9.17, 15) is 17.6 Å². The van der Waals surface area contributed by atoms with Crippen molar-refractivity contribution in [3.05, 3.63) is 29.1 Å². The average Bonchev–Trinajstić information content (AvgIpc) is 2.06. The van der Waals surface area contributed by atoms with E-state index in [0.717, 1.165) is 6.07 Å². The molecule has 84 valence electrons. The van der Waals surface area contributed by atoms with Gasteiger partial charge in [-0.15, -0.1) is 0 Å². The molecule has 0 saturated carbocycles. The SMILES string of the molecule is C[C@@H](N)c1cc(N)cc(C(F)(F)F)c1F. The van der Waals surface area contributed by atoms with Crippen LogP contribution in [0.1, 0.15) is 24.1 Å². The van der Waals surface area contributed by atoms with Gasteiger partial charge in [0.15, 0.2) is 0 Å². The number of nitrogen functional groups attached to an aromatic ring is 1. The van der Waals surface area contributed by atoms with Crippen molar-refractivity contribution in [2.45, 2.75) is 19.1 Å². The molecule has 0 radical (unpaired) electrons. The van der Waals surface area contributed by atoms with Gasteiger partial charge in [-0.2, -0.15) is 13.2 Å². The minimum absolute atomic E-state index is 0.156. The molecule has 0 aliphatic rings. The van der Waals surface area contributed by atoms with Gasteiger partial charge in [-0.05, 0) is 19.1 Å². The van der Waals surface area contributed by atoms with Crippen LogP contribution in [0.3, 0.4) is 0 Å². The monoisotopic (exact) mass is 222 g/mol. The van der Waals surface area contributed by atoms with Crippen LogP contribution in [0, 0.1) is 5.82 Å². The van der Waals surface area contributed by atoms with Crippen LogP contribution in [0.25, 0.3) is 0 Å². The van der Waals surface area contributed by atoms with Crippen molar-refractivity contribution in [2.24, 2.45) is 5.73 Å². The van der Waals surface area contributed by atoms with E-state index in [4.69, 9.17) is 11.5 Å². The molecule has 4 N–H and O–H groups in total. The Bertz CT molecular complexity index is 371. The second-order valence-electron chi connectivity index (χ2n) is 3.26. The third kappa shape index (κ3) is 2.38. The molecule has 0 saturated heterocycles. The summed E-state index contributed by atoms with van der Waals surface area (Å²) in [5.41, 5.74) is 8.80. The van der Waals surface area contributed by atoms with E-state index < -0.39 is 23.6 Å². The zero-order valence-electron chi connectivity index (χ0n) is 7.90. The van der Waals surface area contributed by atoms with E-state index in [-0.39, 0.29) is 11.3 Å². The number of nitrogens with two attached hydrogens (primary N) is 2. The minimum atomic E-state index is -4.76. The molecule has 1 rings (SSSR count). The van der Waals surface area contributed by atoms with Gasteiger partial charge in [-0.1, -0.05) is 0 Å². The zero-order valence-corrected chi connectivity index (χ0v) is 7.90. The lowest BCUT2D eigenvalue weighted by Gasteiger charge is -2.14. The first-order valence-electron chi connectivity index (χ1n) is 4.15. The normalized spacial score (nSPS) is 14.0. The molecule has 2 nitrogen and oxygen atoms in total. The molecular formula is C9H10F4N2. The van der Waals surface area contributed by atoms with Gasteiger partial charge in [0.05, 0.1) is 5.56 Å². The van der Waals surface area contributed by atoms with E-state index in [1.807, 2.05) is 0 Å². The van der Waals surface area contributed by atoms with Gasteiger partial charge in [-0.3, -0.25) is 0 Å². The van der Waals surface area contributed by atoms with Gasteiger partial charge in [0.2, 0.25) is 0 Å². The molecule has 1 atom stereocenters. The van der Waals surface area contributed by atoms with E-state index in [1.165, 1.54) is 6.92 Å². The average molecular weight is 222 g/mol. The first kappa shape index (κ1) is 11.8. The summed E-state index contributed by atoms with van der Waals surface area (Å²) in [6.07, 6.45) is -4.76.